The number of nitrogens with one attached hydrogen (secondary N) is 1. The van der Waals surface area contributed by atoms with Gasteiger partial charge in [0.2, 0.25) is 0 Å². The lowest BCUT2D eigenvalue weighted by Crippen LogP contribution is -2.52. The van der Waals surface area contributed by atoms with E-state index in [0.29, 0.717) is 6.61 Å². The van der Waals surface area contributed by atoms with Crippen LogP contribution >= 0.6 is 0 Å². The standard InChI is InChI=1S/C12H25NO/c1-4-7-13-12(9-14)6-5-10(2)11(3)8-12/h10-11,13-14H,4-9H2,1-3H3. The Morgan fingerprint density at radius 1 is 1.36 bits per heavy atom. The van der Waals surface area contributed by atoms with Gasteiger partial charge in [-0.3, -0.25) is 0 Å². The first-order valence-corrected chi connectivity index (χ1v) is 5.99. The van der Waals surface area contributed by atoms with Gasteiger partial charge in [-0.25, -0.2) is 0 Å². The molecule has 2 heteroatoms. The molecule has 1 fully saturated rings. The van der Waals surface area contributed by atoms with Crippen molar-refractivity contribution in [1.82, 2.24) is 5.32 Å². The summed E-state index contributed by atoms with van der Waals surface area (Å²) >= 11 is 0. The highest BCUT2D eigenvalue weighted by Crippen LogP contribution is 2.35. The molecule has 3 unspecified atom stereocenters. The second kappa shape index (κ2) is 5.13. The van der Waals surface area contributed by atoms with Crippen molar-refractivity contribution in [2.75, 3.05) is 13.2 Å². The van der Waals surface area contributed by atoms with Crippen LogP contribution in [-0.4, -0.2) is 23.8 Å². The third-order valence-corrected chi connectivity index (χ3v) is 3.82. The van der Waals surface area contributed by atoms with Crippen LogP contribution in [0.25, 0.3) is 0 Å². The van der Waals surface area contributed by atoms with Crippen LogP contribution in [0.2, 0.25) is 0 Å². The van der Waals surface area contributed by atoms with Gasteiger partial charge in [0.05, 0.1) is 6.61 Å². The zero-order chi connectivity index (χ0) is 10.6. The average Bonchev–Trinajstić information content (AvgIpc) is 2.20. The van der Waals surface area contributed by atoms with Gasteiger partial charge in [0, 0.05) is 5.54 Å². The first-order valence-electron chi connectivity index (χ1n) is 5.99. The Kier molecular flexibility index (Phi) is 4.39. The molecule has 0 aliphatic heterocycles. The third kappa shape index (κ3) is 2.71. The Morgan fingerprint density at radius 2 is 2.07 bits per heavy atom. The Morgan fingerprint density at radius 3 is 2.57 bits per heavy atom. The van der Waals surface area contributed by atoms with Crippen LogP contribution < -0.4 is 5.32 Å². The van der Waals surface area contributed by atoms with Gasteiger partial charge in [0.1, 0.15) is 0 Å². The van der Waals surface area contributed by atoms with E-state index in [9.17, 15) is 5.11 Å². The summed E-state index contributed by atoms with van der Waals surface area (Å²) in [5, 5.41) is 13.0. The van der Waals surface area contributed by atoms with Gasteiger partial charge in [-0.2, -0.15) is 0 Å². The van der Waals surface area contributed by atoms with Gasteiger partial charge in [-0.1, -0.05) is 20.8 Å². The summed E-state index contributed by atoms with van der Waals surface area (Å²) in [4.78, 5) is 0. The summed E-state index contributed by atoms with van der Waals surface area (Å²) in [6.45, 7) is 8.13. The maximum atomic E-state index is 9.51. The molecular formula is C12H25NO. The molecule has 0 saturated heterocycles. The van der Waals surface area contributed by atoms with Crippen LogP contribution in [0.5, 0.6) is 0 Å². The minimum Gasteiger partial charge on any atom is -0.394 e. The van der Waals surface area contributed by atoms with Crippen LogP contribution in [0.4, 0.5) is 0 Å². The van der Waals surface area contributed by atoms with Gasteiger partial charge >= 0.3 is 0 Å². The fraction of sp³-hybridized carbons (Fsp3) is 1.00. The first-order chi connectivity index (χ1) is 6.63. The summed E-state index contributed by atoms with van der Waals surface area (Å²) in [6, 6.07) is 0. The van der Waals surface area contributed by atoms with E-state index in [0.717, 1.165) is 37.6 Å². The molecule has 0 heterocycles. The molecule has 1 rings (SSSR count). The summed E-state index contributed by atoms with van der Waals surface area (Å²) < 4.78 is 0. The molecule has 84 valence electrons. The monoisotopic (exact) mass is 199 g/mol. The molecule has 2 nitrogen and oxygen atoms in total. The molecule has 3 atom stereocenters. The summed E-state index contributed by atoms with van der Waals surface area (Å²) in [5.74, 6) is 1.55. The number of aliphatic hydroxyl groups excluding tert-OH is 1. The topological polar surface area (TPSA) is 32.3 Å². The minimum absolute atomic E-state index is 0.0297. The zero-order valence-electron chi connectivity index (χ0n) is 9.84. The summed E-state index contributed by atoms with van der Waals surface area (Å²) in [7, 11) is 0. The zero-order valence-corrected chi connectivity index (χ0v) is 9.84. The lowest BCUT2D eigenvalue weighted by Gasteiger charge is -2.42. The van der Waals surface area contributed by atoms with Crippen molar-refractivity contribution in [2.24, 2.45) is 11.8 Å². The quantitative estimate of drug-likeness (QED) is 0.727. The predicted octanol–water partition coefficient (Wildman–Crippen LogP) is 2.17. The Balaban J connectivity index is 2.52. The Bertz CT molecular complexity index is 168. The first kappa shape index (κ1) is 12.0. The maximum absolute atomic E-state index is 9.51. The van der Waals surface area contributed by atoms with Crippen LogP contribution in [0.1, 0.15) is 46.5 Å². The van der Waals surface area contributed by atoms with Crippen LogP contribution in [0.3, 0.4) is 0 Å². The second-order valence-corrected chi connectivity index (χ2v) is 5.06. The average molecular weight is 199 g/mol. The van der Waals surface area contributed by atoms with E-state index < -0.39 is 0 Å². The molecule has 1 saturated carbocycles. The minimum atomic E-state index is 0.0297. The van der Waals surface area contributed by atoms with E-state index in [-0.39, 0.29) is 5.54 Å². The summed E-state index contributed by atoms with van der Waals surface area (Å²) in [6.07, 6.45) is 4.66. The smallest absolute Gasteiger partial charge is 0.0613 e. The molecule has 1 aliphatic carbocycles. The SMILES string of the molecule is CCCNC1(CO)CCC(C)C(C)C1. The second-order valence-electron chi connectivity index (χ2n) is 5.06. The molecular weight excluding hydrogens is 174 g/mol. The van der Waals surface area contributed by atoms with Gasteiger partial charge in [-0.05, 0) is 44.1 Å². The lowest BCUT2D eigenvalue weighted by atomic mass is 9.71. The van der Waals surface area contributed by atoms with Crippen LogP contribution in [-0.2, 0) is 0 Å². The number of hydrogen-bond donors (Lipinski definition) is 2. The van der Waals surface area contributed by atoms with Crippen LogP contribution in [0, 0.1) is 11.8 Å². The highest BCUT2D eigenvalue weighted by Gasteiger charge is 2.36. The van der Waals surface area contributed by atoms with E-state index in [1.807, 2.05) is 0 Å². The van der Waals surface area contributed by atoms with Gasteiger partial charge in [-0.15, -0.1) is 0 Å². The highest BCUT2D eigenvalue weighted by molar-refractivity contribution is 4.94. The van der Waals surface area contributed by atoms with Gasteiger partial charge in [0.25, 0.3) is 0 Å². The number of aliphatic hydroxyl groups is 1. The van der Waals surface area contributed by atoms with E-state index in [4.69, 9.17) is 0 Å². The Hall–Kier alpha value is -0.0800. The van der Waals surface area contributed by atoms with Crippen molar-refractivity contribution in [3.63, 3.8) is 0 Å². The fourth-order valence-corrected chi connectivity index (χ4v) is 2.46. The molecule has 0 aromatic heterocycles. The van der Waals surface area contributed by atoms with Crippen molar-refractivity contribution in [3.8, 4) is 0 Å². The molecule has 0 aromatic rings. The number of hydrogen-bond acceptors (Lipinski definition) is 2. The normalized spacial score (nSPS) is 38.6. The van der Waals surface area contributed by atoms with E-state index in [2.05, 4.69) is 26.1 Å². The van der Waals surface area contributed by atoms with Crippen molar-refractivity contribution >= 4 is 0 Å². The molecule has 0 amide bonds. The van der Waals surface area contributed by atoms with Crippen molar-refractivity contribution < 1.29 is 5.11 Å². The highest BCUT2D eigenvalue weighted by atomic mass is 16.3. The Labute approximate surface area is 88.1 Å². The lowest BCUT2D eigenvalue weighted by molar-refractivity contribution is 0.0767. The fourth-order valence-electron chi connectivity index (χ4n) is 2.46. The van der Waals surface area contributed by atoms with E-state index in [1.165, 1.54) is 6.42 Å². The molecule has 14 heavy (non-hydrogen) atoms. The molecule has 2 N–H and O–H groups in total. The third-order valence-electron chi connectivity index (χ3n) is 3.82. The maximum Gasteiger partial charge on any atom is 0.0613 e. The molecule has 0 bridgehead atoms. The molecule has 0 aromatic carbocycles. The molecule has 0 spiro atoms. The number of rotatable bonds is 4. The van der Waals surface area contributed by atoms with Crippen molar-refractivity contribution in [1.29, 1.82) is 0 Å². The summed E-state index contributed by atoms with van der Waals surface area (Å²) in [5.41, 5.74) is 0.0297. The van der Waals surface area contributed by atoms with Crippen molar-refractivity contribution in [3.05, 3.63) is 0 Å². The molecule has 0 radical (unpaired) electrons. The van der Waals surface area contributed by atoms with Crippen molar-refractivity contribution in [2.45, 2.75) is 52.0 Å². The van der Waals surface area contributed by atoms with Gasteiger partial charge in [0.15, 0.2) is 0 Å². The van der Waals surface area contributed by atoms with Gasteiger partial charge < -0.3 is 10.4 Å². The van der Waals surface area contributed by atoms with E-state index in [1.54, 1.807) is 0 Å². The van der Waals surface area contributed by atoms with E-state index >= 15 is 0 Å². The molecule has 1 aliphatic rings. The van der Waals surface area contributed by atoms with Crippen LogP contribution in [0.15, 0.2) is 0 Å². The largest absolute Gasteiger partial charge is 0.394 e. The predicted molar refractivity (Wildman–Crippen MR) is 60.3 cm³/mol.